The molecule has 1 aliphatic carbocycles. The summed E-state index contributed by atoms with van der Waals surface area (Å²) in [6.45, 7) is 3.68. The molecule has 2 heteroatoms. The number of aryl methyl sites for hydroxylation is 2. The van der Waals surface area contributed by atoms with Crippen LogP contribution in [0.2, 0.25) is 0 Å². The van der Waals surface area contributed by atoms with Crippen molar-refractivity contribution in [3.8, 4) is 0 Å². The number of nitrogens with zero attached hydrogens (tertiary/aromatic N) is 1. The maximum absolute atomic E-state index is 3.26. The van der Waals surface area contributed by atoms with Gasteiger partial charge in [-0.15, -0.1) is 0 Å². The summed E-state index contributed by atoms with van der Waals surface area (Å²) in [4.78, 5) is 2.61. The molecule has 1 aromatic rings. The normalized spacial score (nSPS) is 22.1. The van der Waals surface area contributed by atoms with E-state index in [4.69, 9.17) is 0 Å². The predicted molar refractivity (Wildman–Crippen MR) is 86.6 cm³/mol. The van der Waals surface area contributed by atoms with E-state index in [1.165, 1.54) is 63.7 Å². The van der Waals surface area contributed by atoms with Gasteiger partial charge in [-0.1, -0.05) is 6.07 Å². The molecule has 1 heterocycles. The van der Waals surface area contributed by atoms with E-state index in [1.807, 2.05) is 7.05 Å². The minimum atomic E-state index is 0.902. The molecule has 2 nitrogen and oxygen atoms in total. The van der Waals surface area contributed by atoms with Gasteiger partial charge in [0.05, 0.1) is 0 Å². The number of anilines is 1. The Hall–Kier alpha value is -1.02. The predicted octanol–water partition coefficient (Wildman–Crippen LogP) is 3.39. The number of nitrogens with one attached hydrogen (secondary N) is 1. The lowest BCUT2D eigenvalue weighted by molar-refractivity contribution is 0.506. The van der Waals surface area contributed by atoms with Crippen molar-refractivity contribution in [3.05, 3.63) is 29.3 Å². The molecule has 110 valence electrons. The maximum atomic E-state index is 3.26. The molecule has 3 rings (SSSR count). The van der Waals surface area contributed by atoms with Crippen LogP contribution in [0.5, 0.6) is 0 Å². The average Bonchev–Trinajstić information content (AvgIpc) is 2.96. The standard InChI is InChI=1S/C18H28N2/c1-19-11-4-5-15-10-12-20(14-15)18-9-8-16-6-2-3-7-17(16)13-18/h8-9,13,15,19H,2-7,10-12,14H2,1H3. The van der Waals surface area contributed by atoms with Gasteiger partial charge in [-0.05, 0) is 87.7 Å². The summed E-state index contributed by atoms with van der Waals surface area (Å²) in [5.41, 5.74) is 4.69. The van der Waals surface area contributed by atoms with Crippen LogP contribution in [0.4, 0.5) is 5.69 Å². The smallest absolute Gasteiger partial charge is 0.0369 e. The lowest BCUT2D eigenvalue weighted by Crippen LogP contribution is -2.20. The van der Waals surface area contributed by atoms with Crippen LogP contribution in [-0.4, -0.2) is 26.7 Å². The SMILES string of the molecule is CNCCCC1CCN(c2ccc3c(c2)CCCC3)C1. The van der Waals surface area contributed by atoms with E-state index in [0.29, 0.717) is 0 Å². The van der Waals surface area contributed by atoms with E-state index in [2.05, 4.69) is 28.4 Å². The second-order valence-electron chi connectivity index (χ2n) is 6.51. The number of benzene rings is 1. The highest BCUT2D eigenvalue weighted by Crippen LogP contribution is 2.30. The molecule has 1 aliphatic heterocycles. The lowest BCUT2D eigenvalue weighted by Gasteiger charge is -2.23. The van der Waals surface area contributed by atoms with Crippen LogP contribution in [-0.2, 0) is 12.8 Å². The first kappa shape index (κ1) is 13.9. The van der Waals surface area contributed by atoms with Gasteiger partial charge in [0.25, 0.3) is 0 Å². The molecule has 0 aromatic heterocycles. The van der Waals surface area contributed by atoms with Gasteiger partial charge < -0.3 is 10.2 Å². The fourth-order valence-electron chi connectivity index (χ4n) is 3.79. The largest absolute Gasteiger partial charge is 0.371 e. The zero-order chi connectivity index (χ0) is 13.8. The molecule has 0 bridgehead atoms. The van der Waals surface area contributed by atoms with Gasteiger partial charge >= 0.3 is 0 Å². The third kappa shape index (κ3) is 3.17. The van der Waals surface area contributed by atoms with Gasteiger partial charge in [-0.3, -0.25) is 0 Å². The topological polar surface area (TPSA) is 15.3 Å². The fraction of sp³-hybridized carbons (Fsp3) is 0.667. The van der Waals surface area contributed by atoms with Gasteiger partial charge in [0.15, 0.2) is 0 Å². The van der Waals surface area contributed by atoms with E-state index >= 15 is 0 Å². The number of rotatable bonds is 5. The summed E-state index contributed by atoms with van der Waals surface area (Å²) >= 11 is 0. The Labute approximate surface area is 123 Å². The first-order valence-electron chi connectivity index (χ1n) is 8.38. The minimum Gasteiger partial charge on any atom is -0.371 e. The molecule has 1 aromatic carbocycles. The van der Waals surface area contributed by atoms with Crippen LogP contribution in [0, 0.1) is 5.92 Å². The molecule has 20 heavy (non-hydrogen) atoms. The van der Waals surface area contributed by atoms with Crippen molar-refractivity contribution in [1.29, 1.82) is 0 Å². The van der Waals surface area contributed by atoms with Crippen molar-refractivity contribution in [1.82, 2.24) is 5.32 Å². The van der Waals surface area contributed by atoms with Gasteiger partial charge in [-0.25, -0.2) is 0 Å². The molecule has 1 unspecified atom stereocenters. The van der Waals surface area contributed by atoms with Gasteiger partial charge in [-0.2, -0.15) is 0 Å². The van der Waals surface area contributed by atoms with Crippen molar-refractivity contribution in [3.63, 3.8) is 0 Å². The van der Waals surface area contributed by atoms with Crippen LogP contribution in [0.1, 0.15) is 43.2 Å². The zero-order valence-corrected chi connectivity index (χ0v) is 12.8. The quantitative estimate of drug-likeness (QED) is 0.827. The van der Waals surface area contributed by atoms with Gasteiger partial charge in [0.2, 0.25) is 0 Å². The summed E-state index contributed by atoms with van der Waals surface area (Å²) in [7, 11) is 2.05. The Morgan fingerprint density at radius 1 is 1.20 bits per heavy atom. The summed E-state index contributed by atoms with van der Waals surface area (Å²) in [6, 6.07) is 7.22. The first-order valence-corrected chi connectivity index (χ1v) is 8.38. The molecule has 1 fully saturated rings. The van der Waals surface area contributed by atoms with E-state index in [1.54, 1.807) is 11.1 Å². The van der Waals surface area contributed by atoms with E-state index < -0.39 is 0 Å². The molecule has 0 radical (unpaired) electrons. The lowest BCUT2D eigenvalue weighted by atomic mass is 9.91. The molecule has 0 saturated carbocycles. The van der Waals surface area contributed by atoms with E-state index in [-0.39, 0.29) is 0 Å². The third-order valence-electron chi connectivity index (χ3n) is 5.02. The molecular formula is C18H28N2. The summed E-state index contributed by atoms with van der Waals surface area (Å²) < 4.78 is 0. The molecule has 1 atom stereocenters. The van der Waals surface area contributed by atoms with Crippen LogP contribution < -0.4 is 10.2 Å². The highest BCUT2D eigenvalue weighted by atomic mass is 15.1. The minimum absolute atomic E-state index is 0.902. The Morgan fingerprint density at radius 3 is 2.90 bits per heavy atom. The third-order valence-corrected chi connectivity index (χ3v) is 5.02. The summed E-state index contributed by atoms with van der Waals surface area (Å²) in [5.74, 6) is 0.902. The van der Waals surface area contributed by atoms with Crippen molar-refractivity contribution >= 4 is 5.69 Å². The maximum Gasteiger partial charge on any atom is 0.0369 e. The molecule has 0 spiro atoms. The fourth-order valence-corrected chi connectivity index (χ4v) is 3.79. The highest BCUT2D eigenvalue weighted by Gasteiger charge is 2.23. The number of fused-ring (bicyclic) bond motifs is 1. The van der Waals surface area contributed by atoms with Gasteiger partial charge in [0, 0.05) is 18.8 Å². The Bertz CT molecular complexity index is 441. The van der Waals surface area contributed by atoms with Crippen molar-refractivity contribution in [2.45, 2.75) is 44.9 Å². The highest BCUT2D eigenvalue weighted by molar-refractivity contribution is 5.52. The number of hydrogen-bond acceptors (Lipinski definition) is 2. The summed E-state index contributed by atoms with van der Waals surface area (Å²) in [5, 5.41) is 3.26. The van der Waals surface area contributed by atoms with Crippen molar-refractivity contribution in [2.24, 2.45) is 5.92 Å². The number of hydrogen-bond donors (Lipinski definition) is 1. The Balaban J connectivity index is 1.60. The van der Waals surface area contributed by atoms with Crippen molar-refractivity contribution in [2.75, 3.05) is 31.6 Å². The Kier molecular flexibility index (Phi) is 4.62. The van der Waals surface area contributed by atoms with Crippen LogP contribution in [0.25, 0.3) is 0 Å². The molecular weight excluding hydrogens is 244 g/mol. The van der Waals surface area contributed by atoms with Crippen LogP contribution >= 0.6 is 0 Å². The zero-order valence-electron chi connectivity index (χ0n) is 12.8. The monoisotopic (exact) mass is 272 g/mol. The van der Waals surface area contributed by atoms with Crippen LogP contribution in [0.15, 0.2) is 18.2 Å². The average molecular weight is 272 g/mol. The van der Waals surface area contributed by atoms with Crippen molar-refractivity contribution < 1.29 is 0 Å². The second-order valence-corrected chi connectivity index (χ2v) is 6.51. The molecule has 1 N–H and O–H groups in total. The first-order chi connectivity index (χ1) is 9.86. The van der Waals surface area contributed by atoms with Crippen LogP contribution in [0.3, 0.4) is 0 Å². The Morgan fingerprint density at radius 2 is 2.05 bits per heavy atom. The second kappa shape index (κ2) is 6.62. The summed E-state index contributed by atoms with van der Waals surface area (Å²) in [6.07, 6.45) is 9.42. The molecule has 0 amide bonds. The van der Waals surface area contributed by atoms with E-state index in [9.17, 15) is 0 Å². The molecule has 2 aliphatic rings. The molecule has 1 saturated heterocycles. The van der Waals surface area contributed by atoms with Gasteiger partial charge in [0.1, 0.15) is 0 Å². The van der Waals surface area contributed by atoms with E-state index in [0.717, 1.165) is 12.5 Å².